The highest BCUT2D eigenvalue weighted by atomic mass is 35.5. The average molecular weight is 264 g/mol. The number of hydrogen-bond acceptors (Lipinski definition) is 3. The van der Waals surface area contributed by atoms with Crippen LogP contribution in [0.3, 0.4) is 0 Å². The van der Waals surface area contributed by atoms with Gasteiger partial charge in [-0.1, -0.05) is 24.6 Å². The van der Waals surface area contributed by atoms with Crippen molar-refractivity contribution in [2.24, 2.45) is 0 Å². The third-order valence-electron chi connectivity index (χ3n) is 2.56. The summed E-state index contributed by atoms with van der Waals surface area (Å²) in [7, 11) is 1.63. The van der Waals surface area contributed by atoms with Crippen molar-refractivity contribution in [3.63, 3.8) is 0 Å². The van der Waals surface area contributed by atoms with Crippen molar-refractivity contribution >= 4 is 11.6 Å². The zero-order valence-corrected chi connectivity index (χ0v) is 11.1. The lowest BCUT2D eigenvalue weighted by Crippen LogP contribution is -1.92. The molecule has 0 unspecified atom stereocenters. The van der Waals surface area contributed by atoms with Crippen molar-refractivity contribution in [3.8, 4) is 17.2 Å². The number of aromatic nitrogens is 1. The Labute approximate surface area is 111 Å². The fourth-order valence-electron chi connectivity index (χ4n) is 1.59. The molecule has 0 aliphatic rings. The van der Waals surface area contributed by atoms with E-state index in [0.29, 0.717) is 22.4 Å². The highest BCUT2D eigenvalue weighted by molar-refractivity contribution is 6.29. The number of benzene rings is 1. The van der Waals surface area contributed by atoms with Gasteiger partial charge in [0.25, 0.3) is 0 Å². The molecule has 0 fully saturated rings. The third-order valence-corrected chi connectivity index (χ3v) is 2.77. The molecule has 0 radical (unpaired) electrons. The normalized spacial score (nSPS) is 10.2. The average Bonchev–Trinajstić information content (AvgIpc) is 2.39. The van der Waals surface area contributed by atoms with Gasteiger partial charge in [0.1, 0.15) is 10.9 Å². The van der Waals surface area contributed by atoms with Crippen molar-refractivity contribution in [3.05, 3.63) is 47.2 Å². The van der Waals surface area contributed by atoms with Gasteiger partial charge in [0.15, 0.2) is 11.5 Å². The molecular weight excluding hydrogens is 250 g/mol. The summed E-state index contributed by atoms with van der Waals surface area (Å²) in [5.74, 6) is 2.01. The van der Waals surface area contributed by atoms with Crippen LogP contribution in [-0.4, -0.2) is 12.1 Å². The quantitative estimate of drug-likeness (QED) is 0.779. The van der Waals surface area contributed by atoms with Gasteiger partial charge in [-0.15, -0.1) is 0 Å². The predicted molar refractivity (Wildman–Crippen MR) is 71.7 cm³/mol. The summed E-state index contributed by atoms with van der Waals surface area (Å²) < 4.78 is 11.0. The van der Waals surface area contributed by atoms with Gasteiger partial charge in [-0.3, -0.25) is 0 Å². The van der Waals surface area contributed by atoms with E-state index in [1.807, 2.05) is 18.2 Å². The van der Waals surface area contributed by atoms with Gasteiger partial charge in [-0.2, -0.15) is 0 Å². The Hall–Kier alpha value is -1.74. The maximum Gasteiger partial charge on any atom is 0.169 e. The zero-order chi connectivity index (χ0) is 13.0. The largest absolute Gasteiger partial charge is 0.493 e. The second-order valence-corrected chi connectivity index (χ2v) is 4.14. The number of pyridine rings is 1. The van der Waals surface area contributed by atoms with Crippen LogP contribution >= 0.6 is 11.6 Å². The topological polar surface area (TPSA) is 31.4 Å². The fourth-order valence-corrected chi connectivity index (χ4v) is 1.76. The molecule has 0 saturated carbocycles. The first-order valence-corrected chi connectivity index (χ1v) is 6.07. The van der Waals surface area contributed by atoms with Crippen molar-refractivity contribution in [2.45, 2.75) is 13.3 Å². The minimum absolute atomic E-state index is 0.400. The molecule has 3 nitrogen and oxygen atoms in total. The van der Waals surface area contributed by atoms with E-state index in [0.717, 1.165) is 6.42 Å². The lowest BCUT2D eigenvalue weighted by atomic mass is 10.1. The molecule has 1 aromatic heterocycles. The molecule has 1 aromatic carbocycles. The number of nitrogens with zero attached hydrogens (tertiary/aromatic N) is 1. The van der Waals surface area contributed by atoms with Crippen molar-refractivity contribution < 1.29 is 9.47 Å². The molecule has 0 bridgehead atoms. The van der Waals surface area contributed by atoms with Crippen LogP contribution in [0.4, 0.5) is 0 Å². The molecule has 1 heterocycles. The number of methoxy groups -OCH3 is 1. The molecule has 0 N–H and O–H groups in total. The molecule has 0 amide bonds. The first kappa shape index (κ1) is 12.7. The van der Waals surface area contributed by atoms with Gasteiger partial charge in [-0.05, 0) is 30.2 Å². The Morgan fingerprint density at radius 3 is 2.67 bits per heavy atom. The lowest BCUT2D eigenvalue weighted by molar-refractivity contribution is 0.378. The van der Waals surface area contributed by atoms with Gasteiger partial charge >= 0.3 is 0 Å². The van der Waals surface area contributed by atoms with Crippen molar-refractivity contribution in [2.75, 3.05) is 7.11 Å². The van der Waals surface area contributed by atoms with Crippen LogP contribution in [0.15, 0.2) is 36.5 Å². The molecule has 0 atom stereocenters. The van der Waals surface area contributed by atoms with Crippen LogP contribution in [0.25, 0.3) is 0 Å². The Bertz CT molecular complexity index is 543. The van der Waals surface area contributed by atoms with E-state index < -0.39 is 0 Å². The highest BCUT2D eigenvalue weighted by Crippen LogP contribution is 2.32. The van der Waals surface area contributed by atoms with E-state index in [1.165, 1.54) is 5.56 Å². The minimum atomic E-state index is 0.400. The Morgan fingerprint density at radius 2 is 2.00 bits per heavy atom. The Balaban J connectivity index is 2.28. The van der Waals surface area contributed by atoms with Crippen LogP contribution in [0, 0.1) is 0 Å². The maximum atomic E-state index is 5.81. The maximum absolute atomic E-state index is 5.81. The van der Waals surface area contributed by atoms with Crippen LogP contribution in [0.1, 0.15) is 12.5 Å². The van der Waals surface area contributed by atoms with E-state index in [-0.39, 0.29) is 0 Å². The lowest BCUT2D eigenvalue weighted by Gasteiger charge is -2.11. The standard InChI is InChI=1S/C14H14ClNO2/c1-3-10-4-5-12(13(8-10)17-2)18-11-6-7-16-14(15)9-11/h4-9H,3H2,1-2H3. The highest BCUT2D eigenvalue weighted by Gasteiger charge is 2.07. The molecular formula is C14H14ClNO2. The summed E-state index contributed by atoms with van der Waals surface area (Å²) in [4.78, 5) is 3.91. The number of aryl methyl sites for hydroxylation is 1. The van der Waals surface area contributed by atoms with E-state index in [9.17, 15) is 0 Å². The molecule has 0 aliphatic heterocycles. The molecule has 0 spiro atoms. The number of ether oxygens (including phenoxy) is 2. The second-order valence-electron chi connectivity index (χ2n) is 3.76. The van der Waals surface area contributed by atoms with Crippen LogP contribution < -0.4 is 9.47 Å². The Morgan fingerprint density at radius 1 is 1.17 bits per heavy atom. The van der Waals surface area contributed by atoms with Gasteiger partial charge < -0.3 is 9.47 Å². The minimum Gasteiger partial charge on any atom is -0.493 e. The molecule has 18 heavy (non-hydrogen) atoms. The number of rotatable bonds is 4. The summed E-state index contributed by atoms with van der Waals surface area (Å²) in [5, 5.41) is 0.400. The zero-order valence-electron chi connectivity index (χ0n) is 10.3. The van der Waals surface area contributed by atoms with E-state index in [1.54, 1.807) is 25.4 Å². The molecule has 0 saturated heterocycles. The fraction of sp³-hybridized carbons (Fsp3) is 0.214. The summed E-state index contributed by atoms with van der Waals surface area (Å²) in [6, 6.07) is 9.29. The van der Waals surface area contributed by atoms with Crippen molar-refractivity contribution in [1.29, 1.82) is 0 Å². The molecule has 0 aliphatic carbocycles. The summed E-state index contributed by atoms with van der Waals surface area (Å²) >= 11 is 5.81. The van der Waals surface area contributed by atoms with Gasteiger partial charge in [0, 0.05) is 12.3 Å². The van der Waals surface area contributed by atoms with Gasteiger partial charge in [-0.25, -0.2) is 4.98 Å². The van der Waals surface area contributed by atoms with E-state index >= 15 is 0 Å². The SMILES string of the molecule is CCc1ccc(Oc2ccnc(Cl)c2)c(OC)c1. The first-order chi connectivity index (χ1) is 8.72. The second kappa shape index (κ2) is 5.74. The monoisotopic (exact) mass is 263 g/mol. The predicted octanol–water partition coefficient (Wildman–Crippen LogP) is 4.10. The van der Waals surface area contributed by atoms with Crippen molar-refractivity contribution in [1.82, 2.24) is 4.98 Å². The van der Waals surface area contributed by atoms with Gasteiger partial charge in [0.2, 0.25) is 0 Å². The smallest absolute Gasteiger partial charge is 0.169 e. The summed E-state index contributed by atoms with van der Waals surface area (Å²) in [5.41, 5.74) is 1.20. The van der Waals surface area contributed by atoms with E-state index in [2.05, 4.69) is 11.9 Å². The molecule has 2 aromatic rings. The third kappa shape index (κ3) is 2.93. The number of hydrogen-bond donors (Lipinski definition) is 0. The molecule has 2 rings (SSSR count). The van der Waals surface area contributed by atoms with Crippen LogP contribution in [0.2, 0.25) is 5.15 Å². The summed E-state index contributed by atoms with van der Waals surface area (Å²) in [6.07, 6.45) is 2.56. The number of halogens is 1. The van der Waals surface area contributed by atoms with Gasteiger partial charge in [0.05, 0.1) is 7.11 Å². The Kier molecular flexibility index (Phi) is 4.05. The summed E-state index contributed by atoms with van der Waals surface area (Å²) in [6.45, 7) is 2.10. The molecule has 4 heteroatoms. The first-order valence-electron chi connectivity index (χ1n) is 5.69. The van der Waals surface area contributed by atoms with E-state index in [4.69, 9.17) is 21.1 Å². The van der Waals surface area contributed by atoms with Crippen LogP contribution in [-0.2, 0) is 6.42 Å². The molecule has 94 valence electrons. The van der Waals surface area contributed by atoms with Crippen LogP contribution in [0.5, 0.6) is 17.2 Å².